The van der Waals surface area contributed by atoms with Gasteiger partial charge in [0.25, 0.3) is 0 Å². The van der Waals surface area contributed by atoms with E-state index in [1.54, 1.807) is 0 Å². The highest BCUT2D eigenvalue weighted by atomic mass is 16.4. The first-order chi connectivity index (χ1) is 11.0. The van der Waals surface area contributed by atoms with Crippen LogP contribution in [0.2, 0.25) is 0 Å². The molecule has 0 saturated heterocycles. The molecule has 2 atom stereocenters. The van der Waals surface area contributed by atoms with E-state index in [9.17, 15) is 9.59 Å². The molecule has 1 amide bonds. The van der Waals surface area contributed by atoms with E-state index in [1.807, 2.05) is 37.4 Å². The molecule has 5 N–H and O–H groups in total. The second-order valence-electron chi connectivity index (χ2n) is 5.71. The van der Waals surface area contributed by atoms with Crippen molar-refractivity contribution in [2.75, 3.05) is 0 Å². The Bertz CT molecular complexity index is 681. The molecule has 0 aliphatic carbocycles. The molecule has 23 heavy (non-hydrogen) atoms. The second-order valence-corrected chi connectivity index (χ2v) is 5.71. The Morgan fingerprint density at radius 2 is 2.09 bits per heavy atom. The Balaban J connectivity index is 2.00. The molecule has 0 saturated carbocycles. The molecule has 2 rings (SSSR count). The summed E-state index contributed by atoms with van der Waals surface area (Å²) in [6, 6.07) is 6.12. The number of rotatable bonds is 8. The smallest absolute Gasteiger partial charge is 0.326 e. The minimum Gasteiger partial charge on any atom is -0.480 e. The van der Waals surface area contributed by atoms with E-state index < -0.39 is 24.0 Å². The summed E-state index contributed by atoms with van der Waals surface area (Å²) in [5.41, 5.74) is 7.89. The molecule has 0 bridgehead atoms. The number of amides is 1. The molecular weight excluding hydrogens is 294 g/mol. The first kappa shape index (κ1) is 17.0. The average Bonchev–Trinajstić information content (AvgIpc) is 2.94. The number of para-hydroxylation sites is 1. The molecular formula is C17H23N3O3. The Kier molecular flexibility index (Phi) is 5.76. The van der Waals surface area contributed by atoms with E-state index >= 15 is 0 Å². The topological polar surface area (TPSA) is 108 Å². The van der Waals surface area contributed by atoms with Crippen LogP contribution in [-0.2, 0) is 16.0 Å². The number of aromatic nitrogens is 1. The number of H-pyrrole nitrogens is 1. The van der Waals surface area contributed by atoms with Gasteiger partial charge >= 0.3 is 5.97 Å². The summed E-state index contributed by atoms with van der Waals surface area (Å²) in [7, 11) is 0. The zero-order valence-corrected chi connectivity index (χ0v) is 13.2. The van der Waals surface area contributed by atoms with E-state index in [4.69, 9.17) is 10.8 Å². The maximum absolute atomic E-state index is 12.2. The van der Waals surface area contributed by atoms with Crippen molar-refractivity contribution in [3.8, 4) is 0 Å². The fraction of sp³-hybridized carbons (Fsp3) is 0.412. The van der Waals surface area contributed by atoms with Crippen molar-refractivity contribution in [1.82, 2.24) is 10.3 Å². The Labute approximate surface area is 135 Å². The molecule has 1 aromatic carbocycles. The number of carboxylic acids is 1. The number of benzene rings is 1. The van der Waals surface area contributed by atoms with Crippen molar-refractivity contribution in [3.05, 3.63) is 36.0 Å². The van der Waals surface area contributed by atoms with Crippen LogP contribution in [0.15, 0.2) is 30.5 Å². The van der Waals surface area contributed by atoms with Crippen molar-refractivity contribution in [1.29, 1.82) is 0 Å². The minimum absolute atomic E-state index is 0.357. The zero-order chi connectivity index (χ0) is 16.8. The molecule has 0 unspecified atom stereocenters. The molecule has 2 aromatic rings. The van der Waals surface area contributed by atoms with Crippen molar-refractivity contribution >= 4 is 22.8 Å². The number of aromatic amines is 1. The lowest BCUT2D eigenvalue weighted by atomic mass is 10.0. The summed E-state index contributed by atoms with van der Waals surface area (Å²) in [4.78, 5) is 26.5. The molecule has 6 nitrogen and oxygen atoms in total. The number of carbonyl (C=O) groups excluding carboxylic acids is 1. The van der Waals surface area contributed by atoms with E-state index in [2.05, 4.69) is 10.3 Å². The van der Waals surface area contributed by atoms with Gasteiger partial charge in [-0.3, -0.25) is 4.79 Å². The highest BCUT2D eigenvalue weighted by Crippen LogP contribution is 2.18. The molecule has 0 radical (unpaired) electrons. The van der Waals surface area contributed by atoms with Gasteiger partial charge in [0.05, 0.1) is 6.04 Å². The highest BCUT2D eigenvalue weighted by molar-refractivity contribution is 5.88. The fourth-order valence-corrected chi connectivity index (χ4v) is 2.57. The predicted molar refractivity (Wildman–Crippen MR) is 89.1 cm³/mol. The van der Waals surface area contributed by atoms with Crippen molar-refractivity contribution in [2.24, 2.45) is 5.73 Å². The number of aliphatic carboxylic acids is 1. The van der Waals surface area contributed by atoms with Crippen LogP contribution in [0.5, 0.6) is 0 Å². The molecule has 1 heterocycles. The van der Waals surface area contributed by atoms with Crippen LogP contribution >= 0.6 is 0 Å². The summed E-state index contributed by atoms with van der Waals surface area (Å²) in [6.45, 7) is 1.98. The van der Waals surface area contributed by atoms with Crippen LogP contribution in [0.4, 0.5) is 0 Å². The van der Waals surface area contributed by atoms with Gasteiger partial charge in [0.15, 0.2) is 0 Å². The fourth-order valence-electron chi connectivity index (χ4n) is 2.57. The largest absolute Gasteiger partial charge is 0.480 e. The number of carboxylic acid groups (broad SMARTS) is 1. The maximum atomic E-state index is 12.2. The van der Waals surface area contributed by atoms with E-state index in [0.717, 1.165) is 29.3 Å². The van der Waals surface area contributed by atoms with Gasteiger partial charge in [-0.2, -0.15) is 0 Å². The average molecular weight is 317 g/mol. The van der Waals surface area contributed by atoms with Crippen LogP contribution in [0.1, 0.15) is 31.7 Å². The van der Waals surface area contributed by atoms with Crippen molar-refractivity contribution in [2.45, 2.75) is 44.7 Å². The van der Waals surface area contributed by atoms with Crippen LogP contribution in [0.3, 0.4) is 0 Å². The number of nitrogens with two attached hydrogens (primary N) is 1. The first-order valence-corrected chi connectivity index (χ1v) is 7.86. The standard InChI is InChI=1S/C17H23N3O3/c1-2-3-7-15(17(22)23)20-16(21)13(18)9-11-10-19-14-8-5-4-6-12(11)14/h4-6,8,10,13,15,19H,2-3,7,9,18H2,1H3,(H,20,21)(H,22,23)/t13-,15-/m1/s1. The monoisotopic (exact) mass is 317 g/mol. The van der Waals surface area contributed by atoms with Crippen LogP contribution in [0.25, 0.3) is 10.9 Å². The summed E-state index contributed by atoms with van der Waals surface area (Å²) in [6.07, 6.45) is 4.23. The molecule has 0 spiro atoms. The maximum Gasteiger partial charge on any atom is 0.326 e. The quantitative estimate of drug-likeness (QED) is 0.595. The number of unbranched alkanes of at least 4 members (excludes halogenated alkanes) is 1. The molecule has 0 aliphatic heterocycles. The SMILES string of the molecule is CCCC[C@@H](NC(=O)[C@H](N)Cc1c[nH]c2ccccc12)C(=O)O. The Morgan fingerprint density at radius 1 is 1.35 bits per heavy atom. The lowest BCUT2D eigenvalue weighted by Crippen LogP contribution is -2.49. The van der Waals surface area contributed by atoms with Crippen molar-refractivity contribution in [3.63, 3.8) is 0 Å². The second kappa shape index (κ2) is 7.78. The van der Waals surface area contributed by atoms with Gasteiger partial charge in [0.1, 0.15) is 6.04 Å². The Morgan fingerprint density at radius 3 is 2.78 bits per heavy atom. The number of carbonyl (C=O) groups is 2. The normalized spacial score (nSPS) is 13.7. The lowest BCUT2D eigenvalue weighted by Gasteiger charge is -2.17. The molecule has 1 aromatic heterocycles. The Hall–Kier alpha value is -2.34. The van der Waals surface area contributed by atoms with Gasteiger partial charge in [0.2, 0.25) is 5.91 Å². The zero-order valence-electron chi connectivity index (χ0n) is 13.2. The van der Waals surface area contributed by atoms with Gasteiger partial charge in [-0.05, 0) is 24.5 Å². The number of hydrogen-bond donors (Lipinski definition) is 4. The summed E-state index contributed by atoms with van der Waals surface area (Å²) < 4.78 is 0. The van der Waals surface area contributed by atoms with Crippen LogP contribution < -0.4 is 11.1 Å². The van der Waals surface area contributed by atoms with Crippen molar-refractivity contribution < 1.29 is 14.7 Å². The number of nitrogens with one attached hydrogen (secondary N) is 2. The third-order valence-corrected chi connectivity index (χ3v) is 3.91. The van der Waals surface area contributed by atoms with Gasteiger partial charge in [-0.15, -0.1) is 0 Å². The van der Waals surface area contributed by atoms with E-state index in [-0.39, 0.29) is 0 Å². The summed E-state index contributed by atoms with van der Waals surface area (Å²) in [5.74, 6) is -1.45. The third kappa shape index (κ3) is 4.32. The predicted octanol–water partition coefficient (Wildman–Crippen LogP) is 1.80. The lowest BCUT2D eigenvalue weighted by molar-refractivity contribution is -0.142. The molecule has 0 fully saturated rings. The van der Waals surface area contributed by atoms with Gasteiger partial charge < -0.3 is 21.1 Å². The number of fused-ring (bicyclic) bond motifs is 1. The minimum atomic E-state index is -1.02. The molecule has 124 valence electrons. The molecule has 6 heteroatoms. The first-order valence-electron chi connectivity index (χ1n) is 7.86. The van der Waals surface area contributed by atoms with Gasteiger partial charge in [-0.25, -0.2) is 4.79 Å². The van der Waals surface area contributed by atoms with Crippen LogP contribution in [0, 0.1) is 0 Å². The third-order valence-electron chi connectivity index (χ3n) is 3.91. The number of hydrogen-bond acceptors (Lipinski definition) is 3. The van der Waals surface area contributed by atoms with E-state index in [0.29, 0.717) is 12.8 Å². The van der Waals surface area contributed by atoms with Gasteiger partial charge in [-0.1, -0.05) is 38.0 Å². The molecule has 0 aliphatic rings. The summed E-state index contributed by atoms with van der Waals surface area (Å²) in [5, 5.41) is 12.7. The highest BCUT2D eigenvalue weighted by Gasteiger charge is 2.23. The summed E-state index contributed by atoms with van der Waals surface area (Å²) >= 11 is 0. The van der Waals surface area contributed by atoms with E-state index in [1.165, 1.54) is 0 Å². The van der Waals surface area contributed by atoms with Crippen LogP contribution in [-0.4, -0.2) is 34.1 Å². The van der Waals surface area contributed by atoms with Gasteiger partial charge in [0, 0.05) is 17.1 Å².